The number of pyridine rings is 8. The van der Waals surface area contributed by atoms with E-state index in [0.29, 0.717) is 83.3 Å². The largest absolute Gasteiger partial charge is 0.393 e. The zero-order chi connectivity index (χ0) is 80.9. The molecule has 2 fully saturated rings. The number of aliphatic hydroxyl groups is 2. The molecule has 584 valence electrons. The van der Waals surface area contributed by atoms with Crippen LogP contribution in [0.15, 0.2) is 250 Å². The second-order valence-corrected chi connectivity index (χ2v) is 28.7. The van der Waals surface area contributed by atoms with Crippen LogP contribution in [0.25, 0.3) is 50.8 Å². The Balaban J connectivity index is 0.000000142. The van der Waals surface area contributed by atoms with Crippen LogP contribution in [0.3, 0.4) is 0 Å². The molecule has 2 aliphatic rings. The number of halogens is 4. The van der Waals surface area contributed by atoms with Gasteiger partial charge in [-0.2, -0.15) is 5.10 Å². The van der Waals surface area contributed by atoms with Gasteiger partial charge in [0.1, 0.15) is 17.5 Å². The molecule has 15 rings (SSSR count). The Bertz CT molecular complexity index is 5440. The summed E-state index contributed by atoms with van der Waals surface area (Å²) in [6.07, 6.45) is 14.1. The lowest BCUT2D eigenvalue weighted by molar-refractivity contribution is -0.00547. The Morgan fingerprint density at radius 3 is 1.10 bits per heavy atom. The molecule has 2 saturated heterocycles. The van der Waals surface area contributed by atoms with E-state index in [9.17, 15) is 29.4 Å². The minimum absolute atomic E-state index is 0.150. The van der Waals surface area contributed by atoms with Crippen molar-refractivity contribution in [2.45, 2.75) is 71.9 Å². The zero-order valence-corrected chi connectivity index (χ0v) is 66.3. The van der Waals surface area contributed by atoms with Crippen molar-refractivity contribution >= 4 is 110 Å². The Kier molecular flexibility index (Phi) is 28.1. The molecule has 13 aromatic rings. The number of piperidine rings is 1. The van der Waals surface area contributed by atoms with Crippen molar-refractivity contribution in [2.75, 3.05) is 69.1 Å². The van der Waals surface area contributed by atoms with Crippen LogP contribution in [0.4, 0.5) is 40.2 Å². The number of nitrogens with zero attached hydrogens (tertiary/aromatic N) is 12. The Hall–Kier alpha value is -12.4. The van der Waals surface area contributed by atoms with Crippen LogP contribution in [-0.4, -0.2) is 141 Å². The molecule has 4 aromatic carbocycles. The molecule has 9 aromatic heterocycles. The Morgan fingerprint density at radius 1 is 0.443 bits per heavy atom. The molecule has 2 aliphatic heterocycles. The quantitative estimate of drug-likeness (QED) is 0.0420. The van der Waals surface area contributed by atoms with Gasteiger partial charge in [-0.1, -0.05) is 70.7 Å². The number of nitrogens with one attached hydrogen (secondary N) is 5. The smallest absolute Gasteiger partial charge is 0.257 e. The van der Waals surface area contributed by atoms with Gasteiger partial charge >= 0.3 is 0 Å². The highest BCUT2D eigenvalue weighted by Crippen LogP contribution is 2.34. The van der Waals surface area contributed by atoms with Gasteiger partial charge in [0.05, 0.1) is 95.2 Å². The molecule has 0 bridgehead atoms. The monoisotopic (exact) mass is 1620 g/mol. The molecule has 0 radical (unpaired) electrons. The molecule has 3 atom stereocenters. The van der Waals surface area contributed by atoms with Gasteiger partial charge < -0.3 is 51.3 Å². The third-order valence-electron chi connectivity index (χ3n) is 18.1. The third kappa shape index (κ3) is 22.7. The van der Waals surface area contributed by atoms with Crippen molar-refractivity contribution < 1.29 is 34.1 Å². The average molecular weight is 1620 g/mol. The van der Waals surface area contributed by atoms with E-state index in [1.54, 1.807) is 146 Å². The van der Waals surface area contributed by atoms with E-state index < -0.39 is 6.10 Å². The maximum Gasteiger partial charge on any atom is 0.257 e. The lowest BCUT2D eigenvalue weighted by atomic mass is 10.1. The molecule has 24 nitrogen and oxygen atoms in total. The molecule has 0 aliphatic carbocycles. The number of carbonyl (C=O) groups is 4. The standard InChI is InChI=1S/C23H23ClN4O2.C22H18ClN5O.C22H21ClN4O2.C20H19ClN4O2/c1-15-13-28(14-16(2)30-15)22-9-6-17(12-26-22)23(29)27-18-7-8-20(24)19(11-18)21-5-3-4-10-25-21;1-14-11-15(2)28(27-14)21-9-6-16(13-25-21)22(29)26-17-7-8-19(23)18(12-17)20-5-3-4-10-24-20;23-19-6-5-16(13-18(19)20-3-1-2-10-24-20)26-22(29)15-4-7-21(25-14-15)27-11-8-17(28)9-12-27;1-13(26)11-23-19-8-5-14(12-24-19)20(27)25-15-6-7-17(21)16(10-15)18-4-2-3-9-22-18/h3-12,15-16H,13-14H2,1-2H3,(H,27,29);3-13H,1-2H3,(H,26,29);1-7,10,13-14,17,28H,8-9,11-12H2,(H,26,29);2-10,12-13,26H,11H2,1H3,(H,23,24)(H,25,27)/t;;;13-/m...0/s1. The summed E-state index contributed by atoms with van der Waals surface area (Å²) in [6, 6.07) is 59.7. The van der Waals surface area contributed by atoms with Crippen LogP contribution >= 0.6 is 46.4 Å². The summed E-state index contributed by atoms with van der Waals surface area (Å²) in [7, 11) is 0. The zero-order valence-electron chi connectivity index (χ0n) is 63.2. The Morgan fingerprint density at radius 2 is 0.791 bits per heavy atom. The first-order valence-corrected chi connectivity index (χ1v) is 38.4. The van der Waals surface area contributed by atoms with E-state index in [1.165, 1.54) is 12.4 Å². The molecule has 0 spiro atoms. The van der Waals surface area contributed by atoms with Gasteiger partial charge in [-0.05, 0) is 223 Å². The minimum Gasteiger partial charge on any atom is -0.393 e. The van der Waals surface area contributed by atoms with Crippen LogP contribution in [0.2, 0.25) is 20.1 Å². The first kappa shape index (κ1) is 82.1. The number of hydrogen-bond donors (Lipinski definition) is 7. The van der Waals surface area contributed by atoms with Crippen molar-refractivity contribution in [1.82, 2.24) is 49.7 Å². The van der Waals surface area contributed by atoms with E-state index >= 15 is 0 Å². The number of benzene rings is 4. The van der Waals surface area contributed by atoms with Crippen molar-refractivity contribution in [3.63, 3.8) is 0 Å². The average Bonchev–Trinajstić information content (AvgIpc) is 1.75. The fourth-order valence-electron chi connectivity index (χ4n) is 12.4. The van der Waals surface area contributed by atoms with Crippen molar-refractivity contribution in [3.8, 4) is 50.8 Å². The number of amides is 4. The second-order valence-electron chi connectivity index (χ2n) is 27.1. The number of hydrogen-bond acceptors (Lipinski definition) is 19. The fourth-order valence-corrected chi connectivity index (χ4v) is 13.2. The number of aromatic nitrogens is 10. The normalized spacial score (nSPS) is 14.0. The van der Waals surface area contributed by atoms with E-state index in [-0.39, 0.29) is 41.9 Å². The summed E-state index contributed by atoms with van der Waals surface area (Å²) >= 11 is 25.2. The van der Waals surface area contributed by atoms with E-state index in [2.05, 4.69) is 95.2 Å². The molecule has 0 saturated carbocycles. The maximum atomic E-state index is 12.7. The number of aryl methyl sites for hydroxylation is 2. The number of ether oxygens (including phenoxy) is 1. The fraction of sp³-hybridized carbons (Fsp3) is 0.184. The van der Waals surface area contributed by atoms with Gasteiger partial charge in [0, 0.05) is 133 Å². The van der Waals surface area contributed by atoms with Crippen molar-refractivity contribution in [1.29, 1.82) is 0 Å². The van der Waals surface area contributed by atoms with E-state index in [4.69, 9.17) is 51.1 Å². The summed E-state index contributed by atoms with van der Waals surface area (Å²) in [6.45, 7) is 13.2. The number of carbonyl (C=O) groups excluding carboxylic acids is 4. The molecule has 7 N–H and O–H groups in total. The molecule has 2 unspecified atom stereocenters. The lowest BCUT2D eigenvalue weighted by Gasteiger charge is -2.36. The predicted molar refractivity (Wildman–Crippen MR) is 454 cm³/mol. The summed E-state index contributed by atoms with van der Waals surface area (Å²) in [5, 5.41) is 40.1. The van der Waals surface area contributed by atoms with E-state index in [1.807, 2.05) is 117 Å². The third-order valence-corrected chi connectivity index (χ3v) is 19.4. The lowest BCUT2D eigenvalue weighted by Crippen LogP contribution is -2.45. The van der Waals surface area contributed by atoms with Crippen LogP contribution in [-0.2, 0) is 4.74 Å². The topological polar surface area (TPSA) is 306 Å². The summed E-state index contributed by atoms with van der Waals surface area (Å²) < 4.78 is 7.51. The second kappa shape index (κ2) is 39.4. The van der Waals surface area contributed by atoms with Gasteiger partial charge in [0.25, 0.3) is 23.6 Å². The minimum atomic E-state index is -0.479. The highest BCUT2D eigenvalue weighted by atomic mass is 35.5. The van der Waals surface area contributed by atoms with Crippen molar-refractivity contribution in [2.24, 2.45) is 0 Å². The Labute approximate surface area is 685 Å². The first-order valence-electron chi connectivity index (χ1n) is 36.9. The van der Waals surface area contributed by atoms with Gasteiger partial charge in [0.2, 0.25) is 0 Å². The number of aliphatic hydroxyl groups excluding tert-OH is 2. The summed E-state index contributed by atoms with van der Waals surface area (Å²) in [4.78, 5) is 89.5. The molecule has 11 heterocycles. The maximum absolute atomic E-state index is 12.7. The highest BCUT2D eigenvalue weighted by molar-refractivity contribution is 6.34. The molecule has 115 heavy (non-hydrogen) atoms. The van der Waals surface area contributed by atoms with Gasteiger partial charge in [-0.15, -0.1) is 0 Å². The van der Waals surface area contributed by atoms with E-state index in [0.717, 1.165) is 107 Å². The van der Waals surface area contributed by atoms with Crippen LogP contribution < -0.4 is 36.4 Å². The predicted octanol–water partition coefficient (Wildman–Crippen LogP) is 17.4. The van der Waals surface area contributed by atoms with Crippen LogP contribution in [0.5, 0.6) is 0 Å². The van der Waals surface area contributed by atoms with Gasteiger partial charge in [-0.25, -0.2) is 24.6 Å². The number of morpholine rings is 1. The van der Waals surface area contributed by atoms with Crippen LogP contribution in [0.1, 0.15) is 86.4 Å². The van der Waals surface area contributed by atoms with Crippen molar-refractivity contribution in [3.05, 3.63) is 303 Å². The highest BCUT2D eigenvalue weighted by Gasteiger charge is 2.25. The molecular weight excluding hydrogens is 1540 g/mol. The number of anilines is 7. The first-order chi connectivity index (χ1) is 55.6. The van der Waals surface area contributed by atoms with Gasteiger partial charge in [0.15, 0.2) is 5.82 Å². The van der Waals surface area contributed by atoms with Crippen LogP contribution in [0, 0.1) is 13.8 Å². The summed E-state index contributed by atoms with van der Waals surface area (Å²) in [5.41, 5.74) is 12.2. The molecule has 28 heteroatoms. The van der Waals surface area contributed by atoms with Gasteiger partial charge in [-0.3, -0.25) is 39.1 Å². The molecular formula is C87H81Cl4N17O7. The SMILES string of the molecule is CC1CN(c2ccc(C(=O)Nc3ccc(Cl)c(-c4ccccn4)c3)cn2)CC(C)O1.C[C@H](O)CNc1ccc(C(=O)Nc2ccc(Cl)c(-c3ccccn3)c2)cn1.Cc1cc(C)n(-c2ccc(C(=O)Nc3ccc(Cl)c(-c4ccccn4)c3)cn2)n1.O=C(Nc1ccc(Cl)c(-c2ccccn2)c1)c1ccc(N2CCC(O)CC2)nc1. The number of rotatable bonds is 18. The summed E-state index contributed by atoms with van der Waals surface area (Å²) in [5.74, 6) is 1.91. The molecule has 4 amide bonds.